The van der Waals surface area contributed by atoms with Crippen LogP contribution in [-0.4, -0.2) is 23.4 Å². The van der Waals surface area contributed by atoms with Gasteiger partial charge >= 0.3 is 12.0 Å². The normalized spacial score (nSPS) is 11.5. The Morgan fingerprint density at radius 2 is 1.95 bits per heavy atom. The molecule has 11 heteroatoms. The molecule has 1 aromatic rings. The molecule has 19 heavy (non-hydrogen) atoms. The maximum atomic E-state index is 12.5. The topological polar surface area (TPSA) is 74.5 Å². The van der Waals surface area contributed by atoms with E-state index in [0.717, 1.165) is 7.11 Å². The highest BCUT2D eigenvalue weighted by Gasteiger charge is 2.38. The lowest BCUT2D eigenvalue weighted by Gasteiger charge is -2.14. The average Bonchev–Trinajstić information content (AvgIpc) is 2.25. The van der Waals surface area contributed by atoms with Crippen LogP contribution in [0.25, 0.3) is 0 Å². The molecule has 0 saturated heterocycles. The highest BCUT2D eigenvalue weighted by atomic mass is 19.4. The quantitative estimate of drug-likeness (QED) is 0.484. The zero-order chi connectivity index (χ0) is 14.8. The molecule has 0 aliphatic heterocycles. The van der Waals surface area contributed by atoms with Crippen molar-refractivity contribution < 1.29 is 36.3 Å². The van der Waals surface area contributed by atoms with E-state index in [0.29, 0.717) is 0 Å². The Bertz CT molecular complexity index is 491. The lowest BCUT2D eigenvalue weighted by atomic mass is 10.2. The highest BCUT2D eigenvalue weighted by Crippen LogP contribution is 2.43. The molecular weight excluding hydrogens is 283 g/mol. The lowest BCUT2D eigenvalue weighted by molar-refractivity contribution is -0.389. The third kappa shape index (κ3) is 3.39. The SMILES string of the molecule is COc1c(C(F)F)ncc([N+](=O)[O-])c1OC(F)(F)F. The summed E-state index contributed by atoms with van der Waals surface area (Å²) in [7, 11) is 0.760. The Morgan fingerprint density at radius 3 is 2.32 bits per heavy atom. The van der Waals surface area contributed by atoms with Crippen LogP contribution in [0.2, 0.25) is 0 Å². The van der Waals surface area contributed by atoms with Gasteiger partial charge in [0.15, 0.2) is 11.4 Å². The highest BCUT2D eigenvalue weighted by molar-refractivity contribution is 5.56. The Morgan fingerprint density at radius 1 is 1.37 bits per heavy atom. The van der Waals surface area contributed by atoms with Gasteiger partial charge in [-0.2, -0.15) is 0 Å². The van der Waals surface area contributed by atoms with Crippen LogP contribution < -0.4 is 9.47 Å². The first-order chi connectivity index (χ1) is 8.67. The van der Waals surface area contributed by atoms with Crippen molar-refractivity contribution in [3.05, 3.63) is 22.0 Å². The summed E-state index contributed by atoms with van der Waals surface area (Å²) in [5.41, 5.74) is -2.43. The van der Waals surface area contributed by atoms with Gasteiger partial charge in [0.1, 0.15) is 6.20 Å². The number of rotatable bonds is 4. The standard InChI is InChI=1S/C8H5F5N2O4/c1-18-6-4(7(9)10)14-2-3(15(16)17)5(6)19-8(11,12)13/h2,7H,1H3. The maximum Gasteiger partial charge on any atom is 0.573 e. The van der Waals surface area contributed by atoms with Gasteiger partial charge in [0.25, 0.3) is 12.2 Å². The fourth-order valence-electron chi connectivity index (χ4n) is 1.18. The van der Waals surface area contributed by atoms with Gasteiger partial charge in [-0.3, -0.25) is 10.1 Å². The molecule has 0 radical (unpaired) electrons. The molecule has 0 aliphatic rings. The first-order valence-corrected chi connectivity index (χ1v) is 4.42. The number of nitro groups is 1. The fraction of sp³-hybridized carbons (Fsp3) is 0.375. The van der Waals surface area contributed by atoms with E-state index in [2.05, 4.69) is 14.5 Å². The molecule has 1 heterocycles. The Hall–Kier alpha value is -2.20. The average molecular weight is 288 g/mol. The summed E-state index contributed by atoms with van der Waals surface area (Å²) in [5, 5.41) is 10.5. The number of pyridine rings is 1. The van der Waals surface area contributed by atoms with Gasteiger partial charge in [-0.1, -0.05) is 0 Å². The number of alkyl halides is 5. The van der Waals surface area contributed by atoms with E-state index in [1.54, 1.807) is 0 Å². The van der Waals surface area contributed by atoms with Gasteiger partial charge in [0.05, 0.1) is 12.0 Å². The zero-order valence-electron chi connectivity index (χ0n) is 9.07. The third-order valence-electron chi connectivity index (χ3n) is 1.82. The minimum Gasteiger partial charge on any atom is -0.491 e. The lowest BCUT2D eigenvalue weighted by Crippen LogP contribution is -2.19. The number of hydrogen-bond acceptors (Lipinski definition) is 5. The van der Waals surface area contributed by atoms with Gasteiger partial charge in [-0.15, -0.1) is 13.2 Å². The Labute approximate surface area is 101 Å². The van der Waals surface area contributed by atoms with E-state index >= 15 is 0 Å². The number of ether oxygens (including phenoxy) is 2. The third-order valence-corrected chi connectivity index (χ3v) is 1.82. The molecular formula is C8H5F5N2O4. The maximum absolute atomic E-state index is 12.5. The molecule has 0 fully saturated rings. The van der Waals surface area contributed by atoms with E-state index < -0.39 is 40.6 Å². The summed E-state index contributed by atoms with van der Waals surface area (Å²) < 4.78 is 69.1. The van der Waals surface area contributed by atoms with Crippen LogP contribution in [0, 0.1) is 10.1 Å². The summed E-state index contributed by atoms with van der Waals surface area (Å²) in [6, 6.07) is 0. The minimum absolute atomic E-state index is 0.241. The summed E-state index contributed by atoms with van der Waals surface area (Å²) >= 11 is 0. The predicted octanol–water partition coefficient (Wildman–Crippen LogP) is 2.83. The summed E-state index contributed by atoms with van der Waals surface area (Å²) in [4.78, 5) is 12.3. The number of hydrogen-bond donors (Lipinski definition) is 0. The molecule has 0 aromatic carbocycles. The first-order valence-electron chi connectivity index (χ1n) is 4.42. The molecule has 1 aromatic heterocycles. The molecule has 6 nitrogen and oxygen atoms in total. The molecule has 0 bridgehead atoms. The van der Waals surface area contributed by atoms with E-state index in [1.807, 2.05) is 0 Å². The smallest absolute Gasteiger partial charge is 0.491 e. The zero-order valence-corrected chi connectivity index (χ0v) is 9.07. The number of aromatic nitrogens is 1. The van der Waals surface area contributed by atoms with Crippen LogP contribution in [0.3, 0.4) is 0 Å². The molecule has 0 N–H and O–H groups in total. The summed E-state index contributed by atoms with van der Waals surface area (Å²) in [6.07, 6.45) is -8.35. The van der Waals surface area contributed by atoms with E-state index in [1.165, 1.54) is 0 Å². The number of methoxy groups -OCH3 is 1. The van der Waals surface area contributed by atoms with Crippen molar-refractivity contribution in [1.29, 1.82) is 0 Å². The Balaban J connectivity index is 3.50. The van der Waals surface area contributed by atoms with Crippen LogP contribution in [0.15, 0.2) is 6.20 Å². The van der Waals surface area contributed by atoms with E-state index in [9.17, 15) is 32.1 Å². The molecule has 0 aliphatic carbocycles. The second-order valence-corrected chi connectivity index (χ2v) is 3.00. The second kappa shape index (κ2) is 5.20. The summed E-state index contributed by atoms with van der Waals surface area (Å²) in [5.74, 6) is -2.60. The van der Waals surface area contributed by atoms with Gasteiger partial charge in [-0.05, 0) is 0 Å². The van der Waals surface area contributed by atoms with E-state index in [-0.39, 0.29) is 6.20 Å². The molecule has 0 saturated carbocycles. The molecule has 106 valence electrons. The first kappa shape index (κ1) is 14.9. The second-order valence-electron chi connectivity index (χ2n) is 3.00. The van der Waals surface area contributed by atoms with Crippen molar-refractivity contribution in [2.75, 3.05) is 7.11 Å². The molecule has 0 unspecified atom stereocenters. The van der Waals surface area contributed by atoms with Gasteiger partial charge in [-0.25, -0.2) is 13.8 Å². The predicted molar refractivity (Wildman–Crippen MR) is 49.1 cm³/mol. The van der Waals surface area contributed by atoms with Crippen LogP contribution >= 0.6 is 0 Å². The largest absolute Gasteiger partial charge is 0.573 e. The molecule has 0 atom stereocenters. The van der Waals surface area contributed by atoms with Gasteiger partial charge < -0.3 is 9.47 Å². The van der Waals surface area contributed by atoms with Crippen LogP contribution in [0.1, 0.15) is 12.1 Å². The number of nitrogens with zero attached hydrogens (tertiary/aromatic N) is 2. The van der Waals surface area contributed by atoms with Crippen molar-refractivity contribution in [2.24, 2.45) is 0 Å². The van der Waals surface area contributed by atoms with Crippen LogP contribution in [0.4, 0.5) is 27.6 Å². The fourth-order valence-corrected chi connectivity index (χ4v) is 1.18. The number of halogens is 5. The van der Waals surface area contributed by atoms with E-state index in [4.69, 9.17) is 0 Å². The Kier molecular flexibility index (Phi) is 4.07. The van der Waals surface area contributed by atoms with Crippen molar-refractivity contribution >= 4 is 5.69 Å². The summed E-state index contributed by atoms with van der Waals surface area (Å²) in [6.45, 7) is 0. The minimum atomic E-state index is -5.31. The van der Waals surface area contributed by atoms with Crippen molar-refractivity contribution in [2.45, 2.75) is 12.8 Å². The monoisotopic (exact) mass is 288 g/mol. The van der Waals surface area contributed by atoms with Crippen LogP contribution in [-0.2, 0) is 0 Å². The van der Waals surface area contributed by atoms with Crippen molar-refractivity contribution in [1.82, 2.24) is 4.98 Å². The molecule has 0 amide bonds. The van der Waals surface area contributed by atoms with Crippen molar-refractivity contribution in [3.8, 4) is 11.5 Å². The van der Waals surface area contributed by atoms with Crippen LogP contribution in [0.5, 0.6) is 11.5 Å². The van der Waals surface area contributed by atoms with Gasteiger partial charge in [0, 0.05) is 0 Å². The molecule has 0 spiro atoms. The molecule has 1 rings (SSSR count). The van der Waals surface area contributed by atoms with Crippen molar-refractivity contribution in [3.63, 3.8) is 0 Å². The van der Waals surface area contributed by atoms with Gasteiger partial charge in [0.2, 0.25) is 0 Å².